The Morgan fingerprint density at radius 2 is 2.10 bits per heavy atom. The highest BCUT2D eigenvalue weighted by Gasteiger charge is 2.49. The van der Waals surface area contributed by atoms with Crippen LogP contribution >= 0.6 is 7.82 Å². The van der Waals surface area contributed by atoms with Crippen LogP contribution in [0.1, 0.15) is 25.8 Å². The fraction of sp³-hybridized carbons (Fsp3) is 0.556. The summed E-state index contributed by atoms with van der Waals surface area (Å²) in [4.78, 5) is 39.1. The maximum atomic E-state index is 12.7. The van der Waals surface area contributed by atoms with Crippen molar-refractivity contribution >= 4 is 25.9 Å². The van der Waals surface area contributed by atoms with E-state index >= 15 is 0 Å². The van der Waals surface area contributed by atoms with E-state index in [4.69, 9.17) is 23.0 Å². The van der Waals surface area contributed by atoms with Crippen molar-refractivity contribution in [3.05, 3.63) is 30.1 Å². The monoisotopic (exact) mass is 460 g/mol. The van der Waals surface area contributed by atoms with Crippen molar-refractivity contribution in [2.45, 2.75) is 33.0 Å². The third-order valence-corrected chi connectivity index (χ3v) is 5.44. The van der Waals surface area contributed by atoms with Crippen molar-refractivity contribution in [1.29, 1.82) is 0 Å². The molecule has 1 N–H and O–H groups in total. The zero-order valence-electron chi connectivity index (χ0n) is 17.4. The van der Waals surface area contributed by atoms with Gasteiger partial charge < -0.3 is 19.5 Å². The largest absolute Gasteiger partial charge is 0.510 e. The predicted octanol–water partition coefficient (Wildman–Crippen LogP) is 1.94. The van der Waals surface area contributed by atoms with Gasteiger partial charge in [0.15, 0.2) is 6.10 Å². The van der Waals surface area contributed by atoms with Gasteiger partial charge in [0.05, 0.1) is 20.1 Å². The second kappa shape index (κ2) is 11.2. The SMILES string of the molecule is COC(=O)CCNC(=O)[C@@H]1OP(=O)(OCOC(=O)OCc2cccnc2)OCC1(C)C. The van der Waals surface area contributed by atoms with Gasteiger partial charge >= 0.3 is 19.9 Å². The van der Waals surface area contributed by atoms with Crippen LogP contribution in [0.25, 0.3) is 0 Å². The normalized spacial score (nSPS) is 22.2. The Bertz CT molecular complexity index is 817. The summed E-state index contributed by atoms with van der Waals surface area (Å²) in [6, 6.07) is 3.39. The van der Waals surface area contributed by atoms with Crippen LogP contribution in [0.4, 0.5) is 4.79 Å². The number of phosphoric acid groups is 1. The molecule has 0 radical (unpaired) electrons. The van der Waals surface area contributed by atoms with E-state index in [2.05, 4.69) is 15.0 Å². The zero-order chi connectivity index (χ0) is 22.9. The number of nitrogens with zero attached hydrogens (tertiary/aromatic N) is 1. The molecule has 12 nitrogen and oxygen atoms in total. The summed E-state index contributed by atoms with van der Waals surface area (Å²) in [6.45, 7) is 2.39. The molecule has 2 rings (SSSR count). The highest BCUT2D eigenvalue weighted by Crippen LogP contribution is 2.57. The predicted molar refractivity (Wildman–Crippen MR) is 103 cm³/mol. The van der Waals surface area contributed by atoms with Gasteiger partial charge in [0.25, 0.3) is 0 Å². The molecule has 2 heterocycles. The molecular weight excluding hydrogens is 435 g/mol. The average Bonchev–Trinajstić information content (AvgIpc) is 2.74. The minimum atomic E-state index is -4.19. The molecule has 1 saturated heterocycles. The highest BCUT2D eigenvalue weighted by molar-refractivity contribution is 7.48. The molecule has 0 spiro atoms. The third-order valence-electron chi connectivity index (χ3n) is 4.10. The Morgan fingerprint density at radius 3 is 2.77 bits per heavy atom. The van der Waals surface area contributed by atoms with Gasteiger partial charge in [-0.1, -0.05) is 19.9 Å². The summed E-state index contributed by atoms with van der Waals surface area (Å²) in [6.07, 6.45) is 0.802. The lowest BCUT2D eigenvalue weighted by molar-refractivity contribution is -0.144. The number of hydrogen-bond donors (Lipinski definition) is 1. The molecule has 0 aliphatic carbocycles. The first-order valence-electron chi connectivity index (χ1n) is 9.26. The fourth-order valence-electron chi connectivity index (χ4n) is 2.38. The van der Waals surface area contributed by atoms with E-state index in [0.717, 1.165) is 0 Å². The second-order valence-corrected chi connectivity index (χ2v) is 8.72. The summed E-state index contributed by atoms with van der Waals surface area (Å²) in [5, 5.41) is 2.51. The Morgan fingerprint density at radius 1 is 1.32 bits per heavy atom. The lowest BCUT2D eigenvalue weighted by atomic mass is 9.87. The number of nitrogens with one attached hydrogen (secondary N) is 1. The number of pyridine rings is 1. The summed E-state index contributed by atoms with van der Waals surface area (Å²) in [5.41, 5.74) is -0.189. The fourth-order valence-corrected chi connectivity index (χ4v) is 3.89. The number of ether oxygens (including phenoxy) is 3. The molecule has 31 heavy (non-hydrogen) atoms. The summed E-state index contributed by atoms with van der Waals surface area (Å²) >= 11 is 0. The molecule has 0 bridgehead atoms. The van der Waals surface area contributed by atoms with Crippen LogP contribution < -0.4 is 5.32 Å². The van der Waals surface area contributed by atoms with Crippen LogP contribution in [0.2, 0.25) is 0 Å². The minimum absolute atomic E-state index is 0.0132. The van der Waals surface area contributed by atoms with E-state index in [1.165, 1.54) is 13.3 Å². The van der Waals surface area contributed by atoms with E-state index in [9.17, 15) is 18.9 Å². The number of hydrogen-bond acceptors (Lipinski definition) is 11. The number of esters is 1. The van der Waals surface area contributed by atoms with Crippen molar-refractivity contribution in [1.82, 2.24) is 10.3 Å². The van der Waals surface area contributed by atoms with E-state index in [-0.39, 0.29) is 26.2 Å². The highest BCUT2D eigenvalue weighted by atomic mass is 31.2. The van der Waals surface area contributed by atoms with E-state index < -0.39 is 44.2 Å². The van der Waals surface area contributed by atoms with Crippen molar-refractivity contribution in [3.63, 3.8) is 0 Å². The van der Waals surface area contributed by atoms with Gasteiger partial charge in [-0.15, -0.1) is 0 Å². The molecule has 1 unspecified atom stereocenters. The van der Waals surface area contributed by atoms with Gasteiger partial charge in [-0.05, 0) is 6.07 Å². The van der Waals surface area contributed by atoms with Crippen LogP contribution in [0, 0.1) is 5.41 Å². The molecule has 1 amide bonds. The minimum Gasteiger partial charge on any atom is -0.469 e. The number of aromatic nitrogens is 1. The molecule has 1 aromatic heterocycles. The first-order chi connectivity index (χ1) is 14.6. The average molecular weight is 460 g/mol. The van der Waals surface area contributed by atoms with Gasteiger partial charge in [-0.3, -0.25) is 23.6 Å². The van der Waals surface area contributed by atoms with Crippen LogP contribution in [-0.4, -0.2) is 56.2 Å². The summed E-state index contributed by atoms with van der Waals surface area (Å²) in [7, 11) is -2.95. The summed E-state index contributed by atoms with van der Waals surface area (Å²) in [5.74, 6) is -1.09. The molecule has 0 aromatic carbocycles. The molecule has 1 aromatic rings. The Labute approximate surface area is 179 Å². The first kappa shape index (κ1) is 24.7. The molecule has 172 valence electrons. The molecular formula is C18H25N2O10P. The maximum absolute atomic E-state index is 12.7. The Hall–Kier alpha value is -2.53. The van der Waals surface area contributed by atoms with Crippen molar-refractivity contribution in [2.75, 3.05) is 27.1 Å². The molecule has 13 heteroatoms. The number of carbonyl (C=O) groups is 3. The van der Waals surface area contributed by atoms with Gasteiger partial charge in [-0.2, -0.15) is 0 Å². The summed E-state index contributed by atoms with van der Waals surface area (Å²) < 4.78 is 42.1. The molecule has 1 aliphatic heterocycles. The molecule has 1 fully saturated rings. The quantitative estimate of drug-likeness (QED) is 0.327. The topological polar surface area (TPSA) is 149 Å². The van der Waals surface area contributed by atoms with Gasteiger partial charge in [0.1, 0.15) is 6.61 Å². The second-order valence-electron chi connectivity index (χ2n) is 7.10. The van der Waals surface area contributed by atoms with Crippen LogP contribution in [-0.2, 0) is 48.5 Å². The molecule has 0 saturated carbocycles. The number of carbonyl (C=O) groups excluding carboxylic acids is 3. The van der Waals surface area contributed by atoms with Crippen LogP contribution in [0.5, 0.6) is 0 Å². The van der Waals surface area contributed by atoms with Crippen molar-refractivity contribution in [2.24, 2.45) is 5.41 Å². The molecule has 2 atom stereocenters. The van der Waals surface area contributed by atoms with Gasteiger partial charge in [-0.25, -0.2) is 13.9 Å². The van der Waals surface area contributed by atoms with Gasteiger partial charge in [0.2, 0.25) is 12.7 Å². The van der Waals surface area contributed by atoms with Crippen LogP contribution in [0.15, 0.2) is 24.5 Å². The van der Waals surface area contributed by atoms with E-state index in [1.807, 2.05) is 0 Å². The lowest BCUT2D eigenvalue weighted by Crippen LogP contribution is -2.50. The Kier molecular flexibility index (Phi) is 8.93. The van der Waals surface area contributed by atoms with Crippen molar-refractivity contribution < 1.29 is 46.7 Å². The van der Waals surface area contributed by atoms with Crippen LogP contribution in [0.3, 0.4) is 0 Å². The molecule has 1 aliphatic rings. The lowest BCUT2D eigenvalue weighted by Gasteiger charge is -2.39. The zero-order valence-corrected chi connectivity index (χ0v) is 18.3. The number of phosphoric ester groups is 1. The smallest absolute Gasteiger partial charge is 0.469 e. The number of rotatable bonds is 9. The Balaban J connectivity index is 1.81. The number of methoxy groups -OCH3 is 1. The first-order valence-corrected chi connectivity index (χ1v) is 10.7. The van der Waals surface area contributed by atoms with E-state index in [0.29, 0.717) is 5.56 Å². The van der Waals surface area contributed by atoms with Crippen molar-refractivity contribution in [3.8, 4) is 0 Å². The maximum Gasteiger partial charge on any atom is 0.510 e. The number of amides is 1. The van der Waals surface area contributed by atoms with E-state index in [1.54, 1.807) is 32.2 Å². The van der Waals surface area contributed by atoms with Gasteiger partial charge in [0, 0.05) is 29.9 Å². The standard InChI is InChI=1S/C18H25N2O10P/c1-18(2)11-28-31(24,30-15(18)16(22)20-8-6-14(21)25-3)29-12-27-17(23)26-10-13-5-4-7-19-9-13/h4-5,7,9,15H,6,8,10-12H2,1-3H3,(H,20,22)/t15-,31?/m0/s1. The third kappa shape index (κ3) is 7.91.